The molecule has 0 saturated carbocycles. The van der Waals surface area contributed by atoms with E-state index < -0.39 is 0 Å². The Morgan fingerprint density at radius 1 is 0.293 bits per heavy atom. The second kappa shape index (κ2) is 13.5. The van der Waals surface area contributed by atoms with E-state index in [0.29, 0.717) is 0 Å². The first-order valence-corrected chi connectivity index (χ1v) is 22.0. The summed E-state index contributed by atoms with van der Waals surface area (Å²) in [5.74, 6) is 0. The van der Waals surface area contributed by atoms with E-state index in [-0.39, 0.29) is 0 Å². The topological polar surface area (TPSA) is 3.24 Å². The molecule has 0 N–H and O–H groups in total. The summed E-state index contributed by atoms with van der Waals surface area (Å²) in [4.78, 5) is 2.56. The van der Waals surface area contributed by atoms with Gasteiger partial charge in [0, 0.05) is 66.2 Å². The molecule has 0 fully saturated rings. The van der Waals surface area contributed by atoms with Gasteiger partial charge in [0.15, 0.2) is 0 Å². The molecular weight excluding hydrogens is 759 g/mol. The predicted octanol–water partition coefficient (Wildman–Crippen LogP) is 17.3. The number of nitrogens with zero attached hydrogens (tertiary/aromatic N) is 1. The van der Waals surface area contributed by atoms with Crippen molar-refractivity contribution in [3.05, 3.63) is 200 Å². The van der Waals surface area contributed by atoms with Gasteiger partial charge >= 0.3 is 0 Å². The van der Waals surface area contributed by atoms with E-state index in [1.54, 1.807) is 0 Å². The zero-order valence-corrected chi connectivity index (χ0v) is 33.7. The van der Waals surface area contributed by atoms with Gasteiger partial charge in [0.05, 0.1) is 11.4 Å². The minimum Gasteiger partial charge on any atom is -0.309 e. The minimum absolute atomic E-state index is 1.15. The van der Waals surface area contributed by atoms with Gasteiger partial charge in [0.1, 0.15) is 0 Å². The van der Waals surface area contributed by atoms with E-state index in [1.807, 2.05) is 34.0 Å². The molecule has 0 aliphatic rings. The number of thiophene rings is 3. The Hall–Kier alpha value is -6.56. The van der Waals surface area contributed by atoms with Crippen molar-refractivity contribution >= 4 is 112 Å². The Labute approximate surface area is 347 Å². The summed E-state index contributed by atoms with van der Waals surface area (Å²) in [7, 11) is 0. The number of rotatable bonds is 6. The molecule has 0 spiro atoms. The molecule has 4 heteroatoms. The summed E-state index contributed by atoms with van der Waals surface area (Å²) in [5.41, 5.74) is 11.0. The lowest BCUT2D eigenvalue weighted by Gasteiger charge is -2.28. The molecule has 0 aliphatic heterocycles. The molecule has 0 aliphatic carbocycles. The fraction of sp³-hybridized carbons (Fsp3) is 0. The van der Waals surface area contributed by atoms with E-state index in [9.17, 15) is 0 Å². The van der Waals surface area contributed by atoms with Crippen molar-refractivity contribution in [1.29, 1.82) is 0 Å². The van der Waals surface area contributed by atoms with E-state index in [0.717, 1.165) is 5.69 Å². The van der Waals surface area contributed by atoms with Gasteiger partial charge in [0.2, 0.25) is 0 Å². The van der Waals surface area contributed by atoms with Gasteiger partial charge in [-0.3, -0.25) is 0 Å². The lowest BCUT2D eigenvalue weighted by Crippen LogP contribution is -2.11. The molecule has 58 heavy (non-hydrogen) atoms. The molecule has 0 unspecified atom stereocenters. The van der Waals surface area contributed by atoms with Crippen molar-refractivity contribution in [3.8, 4) is 33.4 Å². The maximum Gasteiger partial charge on any atom is 0.0555 e. The standard InChI is InChI=1S/C54H33NS3/c1-4-14-34(15-5-1)37-26-28-43-50(32-37)58-54-40(36-18-8-3-9-19-36)29-30-46(52(43)54)55(45-23-13-25-49-51(45)42-20-10-11-24-47(42)56-49)38-27-31-48-44(33-38)41-22-12-21-39(53(41)57-48)35-16-6-2-7-17-35/h1-33H. The largest absolute Gasteiger partial charge is 0.309 e. The maximum absolute atomic E-state index is 2.56. The summed E-state index contributed by atoms with van der Waals surface area (Å²) in [6, 6.07) is 73.8. The molecule has 272 valence electrons. The molecule has 3 heterocycles. The van der Waals surface area contributed by atoms with Crippen LogP contribution in [0.2, 0.25) is 0 Å². The van der Waals surface area contributed by atoms with Gasteiger partial charge < -0.3 is 4.90 Å². The molecule has 12 aromatic rings. The van der Waals surface area contributed by atoms with Gasteiger partial charge in [-0.15, -0.1) is 34.0 Å². The third-order valence-corrected chi connectivity index (χ3v) is 15.0. The van der Waals surface area contributed by atoms with E-state index >= 15 is 0 Å². The molecule has 0 atom stereocenters. The van der Waals surface area contributed by atoms with Crippen LogP contribution < -0.4 is 4.90 Å². The average molecular weight is 792 g/mol. The monoisotopic (exact) mass is 791 g/mol. The SMILES string of the molecule is c1ccc(-c2ccc3c(c2)sc2c(-c4ccccc4)ccc(N(c4ccc5sc6c(-c7ccccc7)cccc6c5c4)c4cccc5sc6ccccc6c45)c23)cc1. The summed E-state index contributed by atoms with van der Waals surface area (Å²) in [6.45, 7) is 0. The quantitative estimate of drug-likeness (QED) is 0.162. The molecule has 0 bridgehead atoms. The summed E-state index contributed by atoms with van der Waals surface area (Å²) in [5, 5.41) is 7.70. The zero-order chi connectivity index (χ0) is 38.2. The molecule has 3 aromatic heterocycles. The van der Waals surface area contributed by atoms with Gasteiger partial charge in [-0.25, -0.2) is 0 Å². The normalized spacial score (nSPS) is 11.8. The van der Waals surface area contributed by atoms with Crippen LogP contribution in [0.5, 0.6) is 0 Å². The van der Waals surface area contributed by atoms with Crippen molar-refractivity contribution in [2.45, 2.75) is 0 Å². The highest BCUT2D eigenvalue weighted by atomic mass is 32.1. The Bertz CT molecular complexity index is 3500. The first-order valence-electron chi connectivity index (χ1n) is 19.6. The fourth-order valence-corrected chi connectivity index (χ4v) is 12.5. The average Bonchev–Trinajstić information content (AvgIpc) is 3.99. The van der Waals surface area contributed by atoms with Crippen molar-refractivity contribution < 1.29 is 0 Å². The maximum atomic E-state index is 2.56. The molecule has 0 saturated heterocycles. The van der Waals surface area contributed by atoms with Crippen LogP contribution in [0, 0.1) is 0 Å². The molecule has 0 radical (unpaired) electrons. The Morgan fingerprint density at radius 3 is 1.69 bits per heavy atom. The second-order valence-corrected chi connectivity index (χ2v) is 18.0. The number of benzene rings is 9. The number of anilines is 3. The van der Waals surface area contributed by atoms with Crippen molar-refractivity contribution in [1.82, 2.24) is 0 Å². The molecule has 1 nitrogen and oxygen atoms in total. The third kappa shape index (κ3) is 5.34. The van der Waals surface area contributed by atoms with Gasteiger partial charge in [0.25, 0.3) is 0 Å². The van der Waals surface area contributed by atoms with E-state index in [1.165, 1.54) is 105 Å². The highest BCUT2D eigenvalue weighted by Crippen LogP contribution is 2.52. The van der Waals surface area contributed by atoms with Crippen LogP contribution in [0.1, 0.15) is 0 Å². The third-order valence-electron chi connectivity index (χ3n) is 11.5. The number of fused-ring (bicyclic) bond motifs is 9. The Morgan fingerprint density at radius 2 is 0.897 bits per heavy atom. The van der Waals surface area contributed by atoms with Crippen LogP contribution >= 0.6 is 34.0 Å². The van der Waals surface area contributed by atoms with Crippen molar-refractivity contribution in [2.75, 3.05) is 4.90 Å². The van der Waals surface area contributed by atoms with Crippen LogP contribution in [0.15, 0.2) is 200 Å². The second-order valence-electron chi connectivity index (χ2n) is 14.8. The first kappa shape index (κ1) is 33.6. The Balaban J connectivity index is 1.17. The lowest BCUT2D eigenvalue weighted by molar-refractivity contribution is 1.33. The fourth-order valence-electron chi connectivity index (χ4n) is 8.82. The van der Waals surface area contributed by atoms with Gasteiger partial charge in [-0.2, -0.15) is 0 Å². The van der Waals surface area contributed by atoms with Crippen LogP contribution in [-0.2, 0) is 0 Å². The predicted molar refractivity (Wildman–Crippen MR) is 256 cm³/mol. The molecule has 0 amide bonds. The van der Waals surface area contributed by atoms with Crippen LogP contribution in [0.4, 0.5) is 17.1 Å². The molecular formula is C54H33NS3. The van der Waals surface area contributed by atoms with Gasteiger partial charge in [-0.05, 0) is 81.9 Å². The minimum atomic E-state index is 1.15. The van der Waals surface area contributed by atoms with Crippen LogP contribution in [0.3, 0.4) is 0 Å². The van der Waals surface area contributed by atoms with E-state index in [4.69, 9.17) is 0 Å². The Kier molecular flexibility index (Phi) is 7.83. The number of hydrogen-bond acceptors (Lipinski definition) is 4. The summed E-state index contributed by atoms with van der Waals surface area (Å²) >= 11 is 5.67. The lowest BCUT2D eigenvalue weighted by atomic mass is 9.98. The number of hydrogen-bond donors (Lipinski definition) is 0. The molecule has 9 aromatic carbocycles. The zero-order valence-electron chi connectivity index (χ0n) is 31.2. The van der Waals surface area contributed by atoms with Crippen molar-refractivity contribution in [3.63, 3.8) is 0 Å². The van der Waals surface area contributed by atoms with Crippen LogP contribution in [-0.4, -0.2) is 0 Å². The summed E-state index contributed by atoms with van der Waals surface area (Å²) < 4.78 is 7.79. The first-order chi connectivity index (χ1) is 28.8. The highest BCUT2D eigenvalue weighted by molar-refractivity contribution is 7.27. The smallest absolute Gasteiger partial charge is 0.0555 e. The molecule has 12 rings (SSSR count). The van der Waals surface area contributed by atoms with Crippen LogP contribution in [0.25, 0.3) is 93.9 Å². The summed E-state index contributed by atoms with van der Waals surface area (Å²) in [6.07, 6.45) is 0. The highest BCUT2D eigenvalue weighted by Gasteiger charge is 2.25. The van der Waals surface area contributed by atoms with Crippen molar-refractivity contribution in [2.24, 2.45) is 0 Å². The van der Waals surface area contributed by atoms with Gasteiger partial charge in [-0.1, -0.05) is 152 Å². The van der Waals surface area contributed by atoms with E-state index in [2.05, 4.69) is 205 Å².